The Labute approximate surface area is 119 Å². The second-order valence-corrected chi connectivity index (χ2v) is 5.40. The predicted molar refractivity (Wildman–Crippen MR) is 71.4 cm³/mol. The molecule has 1 amide bonds. The SMILES string of the molecule is O=C(Nc1ccc(C(F)(F)F)cc1)c1sccc1Br. The maximum atomic E-state index is 12.4. The molecule has 1 N–H and O–H groups in total. The van der Waals surface area contributed by atoms with Gasteiger partial charge in [-0.15, -0.1) is 11.3 Å². The van der Waals surface area contributed by atoms with Crippen LogP contribution in [0.15, 0.2) is 40.2 Å². The number of carbonyl (C=O) groups excluding carboxylic acids is 1. The van der Waals surface area contributed by atoms with E-state index in [9.17, 15) is 18.0 Å². The minimum atomic E-state index is -4.38. The standard InChI is InChI=1S/C12H7BrF3NOS/c13-9-5-6-19-10(9)11(18)17-8-3-1-7(2-4-8)12(14,15)16/h1-6H,(H,17,18). The zero-order chi connectivity index (χ0) is 14.0. The molecule has 19 heavy (non-hydrogen) atoms. The average Bonchev–Trinajstić information content (AvgIpc) is 2.75. The van der Waals surface area contributed by atoms with Crippen molar-refractivity contribution in [3.8, 4) is 0 Å². The third-order valence-electron chi connectivity index (χ3n) is 2.29. The number of amides is 1. The van der Waals surface area contributed by atoms with E-state index in [1.54, 1.807) is 11.4 Å². The van der Waals surface area contributed by atoms with Crippen molar-refractivity contribution in [1.29, 1.82) is 0 Å². The van der Waals surface area contributed by atoms with Crippen LogP contribution in [0.25, 0.3) is 0 Å². The smallest absolute Gasteiger partial charge is 0.321 e. The van der Waals surface area contributed by atoms with Gasteiger partial charge in [-0.3, -0.25) is 4.79 Å². The van der Waals surface area contributed by atoms with E-state index in [2.05, 4.69) is 21.2 Å². The van der Waals surface area contributed by atoms with E-state index in [1.807, 2.05) is 0 Å². The fraction of sp³-hybridized carbons (Fsp3) is 0.0833. The molecule has 0 fully saturated rings. The van der Waals surface area contributed by atoms with Gasteiger partial charge in [-0.25, -0.2) is 0 Å². The lowest BCUT2D eigenvalue weighted by Gasteiger charge is -2.08. The summed E-state index contributed by atoms with van der Waals surface area (Å²) >= 11 is 4.46. The Morgan fingerprint density at radius 1 is 1.16 bits per heavy atom. The summed E-state index contributed by atoms with van der Waals surface area (Å²) in [7, 11) is 0. The van der Waals surface area contributed by atoms with Gasteiger partial charge in [0.2, 0.25) is 0 Å². The molecular formula is C12H7BrF3NOS. The lowest BCUT2D eigenvalue weighted by molar-refractivity contribution is -0.137. The Hall–Kier alpha value is -1.34. The summed E-state index contributed by atoms with van der Waals surface area (Å²) in [5.41, 5.74) is -0.430. The molecule has 0 aliphatic heterocycles. The van der Waals surface area contributed by atoms with Gasteiger partial charge in [0, 0.05) is 10.2 Å². The van der Waals surface area contributed by atoms with Crippen LogP contribution in [0.3, 0.4) is 0 Å². The zero-order valence-electron chi connectivity index (χ0n) is 9.29. The summed E-state index contributed by atoms with van der Waals surface area (Å²) in [6.07, 6.45) is -4.38. The normalized spacial score (nSPS) is 11.4. The number of nitrogens with one attached hydrogen (secondary N) is 1. The number of hydrogen-bond donors (Lipinski definition) is 1. The first-order valence-electron chi connectivity index (χ1n) is 5.09. The van der Waals surface area contributed by atoms with Crippen LogP contribution in [0.4, 0.5) is 18.9 Å². The fourth-order valence-corrected chi connectivity index (χ4v) is 2.83. The molecule has 100 valence electrons. The molecule has 2 nitrogen and oxygen atoms in total. The largest absolute Gasteiger partial charge is 0.416 e. The third kappa shape index (κ3) is 3.36. The van der Waals surface area contributed by atoms with Crippen molar-refractivity contribution in [2.24, 2.45) is 0 Å². The molecule has 0 bridgehead atoms. The molecule has 7 heteroatoms. The maximum Gasteiger partial charge on any atom is 0.416 e. The van der Waals surface area contributed by atoms with E-state index >= 15 is 0 Å². The Kier molecular flexibility index (Phi) is 3.96. The number of hydrogen-bond acceptors (Lipinski definition) is 2. The van der Waals surface area contributed by atoms with Crippen LogP contribution in [0, 0.1) is 0 Å². The Morgan fingerprint density at radius 2 is 1.79 bits per heavy atom. The predicted octanol–water partition coefficient (Wildman–Crippen LogP) is 4.78. The van der Waals surface area contributed by atoms with E-state index < -0.39 is 11.7 Å². The molecule has 0 spiro atoms. The van der Waals surface area contributed by atoms with Crippen molar-refractivity contribution in [3.05, 3.63) is 50.6 Å². The molecule has 0 atom stereocenters. The summed E-state index contributed by atoms with van der Waals surface area (Å²) in [6.45, 7) is 0. The van der Waals surface area contributed by atoms with Crippen LogP contribution < -0.4 is 5.32 Å². The van der Waals surface area contributed by atoms with Crippen LogP contribution >= 0.6 is 27.3 Å². The van der Waals surface area contributed by atoms with Crippen LogP contribution in [0.5, 0.6) is 0 Å². The van der Waals surface area contributed by atoms with Crippen molar-refractivity contribution in [2.45, 2.75) is 6.18 Å². The molecule has 1 aromatic heterocycles. The first-order chi connectivity index (χ1) is 8.88. The molecular weight excluding hydrogens is 343 g/mol. The number of carbonyl (C=O) groups is 1. The van der Waals surface area contributed by atoms with Crippen LogP contribution in [0.1, 0.15) is 15.2 Å². The maximum absolute atomic E-state index is 12.4. The van der Waals surface area contributed by atoms with Gasteiger partial charge in [-0.2, -0.15) is 13.2 Å². The van der Waals surface area contributed by atoms with Gasteiger partial charge in [-0.1, -0.05) is 0 Å². The second kappa shape index (κ2) is 5.34. The van der Waals surface area contributed by atoms with Crippen molar-refractivity contribution in [3.63, 3.8) is 0 Å². The van der Waals surface area contributed by atoms with Crippen molar-refractivity contribution >= 4 is 38.9 Å². The fourth-order valence-electron chi connectivity index (χ4n) is 1.39. The minimum Gasteiger partial charge on any atom is -0.321 e. The number of alkyl halides is 3. The molecule has 0 saturated heterocycles. The molecule has 0 saturated carbocycles. The van der Waals surface area contributed by atoms with E-state index in [4.69, 9.17) is 0 Å². The minimum absolute atomic E-state index is 0.318. The zero-order valence-corrected chi connectivity index (χ0v) is 11.7. The van der Waals surface area contributed by atoms with Crippen LogP contribution in [-0.2, 0) is 6.18 Å². The van der Waals surface area contributed by atoms with Gasteiger partial charge in [0.05, 0.1) is 5.56 Å². The number of rotatable bonds is 2. The van der Waals surface area contributed by atoms with Crippen molar-refractivity contribution < 1.29 is 18.0 Å². The van der Waals surface area contributed by atoms with E-state index in [-0.39, 0.29) is 5.91 Å². The van der Waals surface area contributed by atoms with Crippen molar-refractivity contribution in [1.82, 2.24) is 0 Å². The average molecular weight is 350 g/mol. The Morgan fingerprint density at radius 3 is 2.26 bits per heavy atom. The Bertz CT molecular complexity index is 592. The van der Waals surface area contributed by atoms with Crippen LogP contribution in [0.2, 0.25) is 0 Å². The topological polar surface area (TPSA) is 29.1 Å². The molecule has 1 heterocycles. The summed E-state index contributed by atoms with van der Waals surface area (Å²) in [5.74, 6) is -0.360. The lowest BCUT2D eigenvalue weighted by atomic mass is 10.2. The van der Waals surface area contributed by atoms with Crippen molar-refractivity contribution in [2.75, 3.05) is 5.32 Å². The first kappa shape index (κ1) is 14.1. The van der Waals surface area contributed by atoms with E-state index in [1.165, 1.54) is 23.5 Å². The number of halogens is 4. The van der Waals surface area contributed by atoms with Gasteiger partial charge < -0.3 is 5.32 Å². The summed E-state index contributed by atoms with van der Waals surface area (Å²) in [6, 6.07) is 6.04. The highest BCUT2D eigenvalue weighted by molar-refractivity contribution is 9.10. The molecule has 0 radical (unpaired) electrons. The number of benzene rings is 1. The van der Waals surface area contributed by atoms with Gasteiger partial charge in [0.1, 0.15) is 4.88 Å². The molecule has 2 rings (SSSR count). The second-order valence-electron chi connectivity index (χ2n) is 3.63. The summed E-state index contributed by atoms with van der Waals surface area (Å²) < 4.78 is 37.8. The van der Waals surface area contributed by atoms with E-state index in [0.717, 1.165) is 12.1 Å². The molecule has 0 aliphatic carbocycles. The van der Waals surface area contributed by atoms with Gasteiger partial charge in [0.25, 0.3) is 5.91 Å². The first-order valence-corrected chi connectivity index (χ1v) is 6.77. The Balaban J connectivity index is 2.12. The summed E-state index contributed by atoms with van der Waals surface area (Å²) in [4.78, 5) is 12.3. The molecule has 0 unspecified atom stereocenters. The highest BCUT2D eigenvalue weighted by Gasteiger charge is 2.30. The lowest BCUT2D eigenvalue weighted by Crippen LogP contribution is -2.11. The van der Waals surface area contributed by atoms with E-state index in [0.29, 0.717) is 15.0 Å². The van der Waals surface area contributed by atoms with Crippen LogP contribution in [-0.4, -0.2) is 5.91 Å². The quantitative estimate of drug-likeness (QED) is 0.830. The van der Waals surface area contributed by atoms with Gasteiger partial charge >= 0.3 is 6.18 Å². The highest BCUT2D eigenvalue weighted by atomic mass is 79.9. The molecule has 2 aromatic rings. The molecule has 1 aromatic carbocycles. The van der Waals surface area contributed by atoms with Gasteiger partial charge in [-0.05, 0) is 51.6 Å². The number of anilines is 1. The monoisotopic (exact) mass is 349 g/mol. The third-order valence-corrected chi connectivity index (χ3v) is 4.13. The van der Waals surface area contributed by atoms with Gasteiger partial charge in [0.15, 0.2) is 0 Å². The number of thiophene rings is 1. The molecule has 0 aliphatic rings. The summed E-state index contributed by atoms with van der Waals surface area (Å²) in [5, 5.41) is 4.28. The highest BCUT2D eigenvalue weighted by Crippen LogP contribution is 2.30.